The summed E-state index contributed by atoms with van der Waals surface area (Å²) in [6, 6.07) is 3.30. The second-order valence-electron chi connectivity index (χ2n) is 5.15. The summed E-state index contributed by atoms with van der Waals surface area (Å²) in [6.45, 7) is 2.78. The maximum absolute atomic E-state index is 12.7. The second kappa shape index (κ2) is 6.01. The summed E-state index contributed by atoms with van der Waals surface area (Å²) in [4.78, 5) is 0.258. The van der Waals surface area contributed by atoms with E-state index < -0.39 is 10.0 Å². The zero-order valence-corrected chi connectivity index (χ0v) is 13.7. The minimum absolute atomic E-state index is 0.0986. The van der Waals surface area contributed by atoms with Crippen molar-refractivity contribution in [2.45, 2.75) is 24.7 Å². The molecule has 7 heteroatoms. The van der Waals surface area contributed by atoms with Crippen LogP contribution in [-0.2, 0) is 10.0 Å². The van der Waals surface area contributed by atoms with Crippen molar-refractivity contribution in [1.82, 2.24) is 4.31 Å². The Kier molecular flexibility index (Phi) is 4.73. The fraction of sp³-hybridized carbons (Fsp3) is 0.538. The smallest absolute Gasteiger partial charge is 0.243 e. The van der Waals surface area contributed by atoms with Gasteiger partial charge < -0.3 is 10.8 Å². The number of nitrogen functional groups attached to an aromatic ring is 1. The first-order chi connectivity index (χ1) is 9.36. The van der Waals surface area contributed by atoms with Gasteiger partial charge in [-0.25, -0.2) is 8.42 Å². The van der Waals surface area contributed by atoms with E-state index in [0.717, 1.165) is 6.42 Å². The van der Waals surface area contributed by atoms with Gasteiger partial charge in [0.1, 0.15) is 0 Å². The highest BCUT2D eigenvalue weighted by molar-refractivity contribution is 9.10. The summed E-state index contributed by atoms with van der Waals surface area (Å²) in [7, 11) is -3.52. The van der Waals surface area contributed by atoms with E-state index in [4.69, 9.17) is 10.8 Å². The zero-order chi connectivity index (χ0) is 14.9. The van der Waals surface area contributed by atoms with E-state index in [9.17, 15) is 8.42 Å². The van der Waals surface area contributed by atoms with Gasteiger partial charge in [0.15, 0.2) is 0 Å². The van der Waals surface area contributed by atoms with Crippen molar-refractivity contribution in [3.8, 4) is 0 Å². The summed E-state index contributed by atoms with van der Waals surface area (Å²) in [5.41, 5.74) is 6.89. The number of hydrogen-bond acceptors (Lipinski definition) is 4. The summed E-state index contributed by atoms with van der Waals surface area (Å²) in [6.07, 6.45) is 1.44. The molecule has 1 heterocycles. The van der Waals surface area contributed by atoms with Gasteiger partial charge in [0.25, 0.3) is 0 Å². The van der Waals surface area contributed by atoms with Crippen molar-refractivity contribution in [2.24, 2.45) is 5.92 Å². The van der Waals surface area contributed by atoms with Gasteiger partial charge in [-0.1, -0.05) is 15.9 Å². The molecule has 5 nitrogen and oxygen atoms in total. The molecule has 1 aromatic carbocycles. The van der Waals surface area contributed by atoms with Crippen LogP contribution in [0.4, 0.5) is 5.69 Å². The molecule has 0 bridgehead atoms. The lowest BCUT2D eigenvalue weighted by atomic mass is 10.1. The molecule has 0 saturated carbocycles. The minimum Gasteiger partial charge on any atom is -0.398 e. The first-order valence-corrected chi connectivity index (χ1v) is 8.76. The predicted octanol–water partition coefficient (Wildman–Crippen LogP) is 1.73. The Bertz CT molecular complexity index is 604. The molecule has 0 aromatic heterocycles. The standard InChI is InChI=1S/C13H19BrN2O3S/c1-9-12(15)6-11(14)7-13(9)20(18,19)16-4-2-10(8-16)3-5-17/h6-7,10,17H,2-5,8,15H2,1H3. The van der Waals surface area contributed by atoms with Crippen molar-refractivity contribution in [2.75, 3.05) is 25.4 Å². The van der Waals surface area contributed by atoms with Crippen LogP contribution >= 0.6 is 15.9 Å². The Balaban J connectivity index is 2.32. The Morgan fingerprint density at radius 2 is 2.20 bits per heavy atom. The molecule has 0 spiro atoms. The number of aliphatic hydroxyl groups excluding tert-OH is 1. The first-order valence-electron chi connectivity index (χ1n) is 6.53. The van der Waals surface area contributed by atoms with Crippen molar-refractivity contribution in [1.29, 1.82) is 0 Å². The summed E-state index contributed by atoms with van der Waals surface area (Å²) in [5.74, 6) is 0.236. The first kappa shape index (κ1) is 15.8. The van der Waals surface area contributed by atoms with Crippen LogP contribution in [0.5, 0.6) is 0 Å². The number of nitrogens with two attached hydrogens (primary N) is 1. The van der Waals surface area contributed by atoms with Crippen LogP contribution in [0.3, 0.4) is 0 Å². The number of nitrogens with zero attached hydrogens (tertiary/aromatic N) is 1. The van der Waals surface area contributed by atoms with Crippen molar-refractivity contribution < 1.29 is 13.5 Å². The van der Waals surface area contributed by atoms with Crippen molar-refractivity contribution >= 4 is 31.6 Å². The normalized spacial score (nSPS) is 20.4. The number of rotatable bonds is 4. The van der Waals surface area contributed by atoms with Gasteiger partial charge in [0.2, 0.25) is 10.0 Å². The molecular weight excluding hydrogens is 344 g/mol. The van der Waals surface area contributed by atoms with Crippen LogP contribution in [0.2, 0.25) is 0 Å². The Morgan fingerprint density at radius 3 is 2.85 bits per heavy atom. The van der Waals surface area contributed by atoms with Gasteiger partial charge in [-0.15, -0.1) is 0 Å². The van der Waals surface area contributed by atoms with E-state index in [1.807, 2.05) is 0 Å². The molecule has 2 rings (SSSR count). The van der Waals surface area contributed by atoms with Gasteiger partial charge in [-0.05, 0) is 43.4 Å². The van der Waals surface area contributed by atoms with E-state index in [1.54, 1.807) is 19.1 Å². The van der Waals surface area contributed by atoms with Crippen molar-refractivity contribution in [3.63, 3.8) is 0 Å². The zero-order valence-electron chi connectivity index (χ0n) is 11.3. The van der Waals surface area contributed by atoms with Gasteiger partial charge in [0.05, 0.1) is 4.90 Å². The molecule has 1 fully saturated rings. The fourth-order valence-corrected chi connectivity index (χ4v) is 4.95. The van der Waals surface area contributed by atoms with Crippen LogP contribution in [-0.4, -0.2) is 37.5 Å². The largest absolute Gasteiger partial charge is 0.398 e. The van der Waals surface area contributed by atoms with Crippen LogP contribution in [0.15, 0.2) is 21.5 Å². The number of hydrogen-bond donors (Lipinski definition) is 2. The quantitative estimate of drug-likeness (QED) is 0.798. The molecule has 1 aromatic rings. The molecular formula is C13H19BrN2O3S. The monoisotopic (exact) mass is 362 g/mol. The Morgan fingerprint density at radius 1 is 1.50 bits per heavy atom. The highest BCUT2D eigenvalue weighted by atomic mass is 79.9. The molecule has 112 valence electrons. The third-order valence-electron chi connectivity index (χ3n) is 3.77. The van der Waals surface area contributed by atoms with Crippen LogP contribution < -0.4 is 5.73 Å². The summed E-state index contributed by atoms with van der Waals surface area (Å²) in [5, 5.41) is 8.96. The maximum atomic E-state index is 12.7. The summed E-state index contributed by atoms with van der Waals surface area (Å²) >= 11 is 3.29. The number of aliphatic hydroxyl groups is 1. The molecule has 3 N–H and O–H groups in total. The van der Waals surface area contributed by atoms with Crippen LogP contribution in [0.25, 0.3) is 0 Å². The van der Waals surface area contributed by atoms with E-state index in [-0.39, 0.29) is 17.4 Å². The van der Waals surface area contributed by atoms with E-state index in [1.165, 1.54) is 4.31 Å². The van der Waals surface area contributed by atoms with Crippen LogP contribution in [0.1, 0.15) is 18.4 Å². The lowest BCUT2D eigenvalue weighted by Crippen LogP contribution is -2.29. The summed E-state index contributed by atoms with van der Waals surface area (Å²) < 4.78 is 27.5. The average Bonchev–Trinajstić information content (AvgIpc) is 2.83. The topological polar surface area (TPSA) is 83.6 Å². The van der Waals surface area contributed by atoms with Gasteiger partial charge in [-0.2, -0.15) is 4.31 Å². The molecule has 1 unspecified atom stereocenters. The molecule has 0 radical (unpaired) electrons. The minimum atomic E-state index is -3.52. The molecule has 20 heavy (non-hydrogen) atoms. The predicted molar refractivity (Wildman–Crippen MR) is 81.9 cm³/mol. The Hall–Kier alpha value is -0.630. The molecule has 0 aliphatic carbocycles. The van der Waals surface area contributed by atoms with Gasteiger partial charge in [0, 0.05) is 29.9 Å². The molecule has 0 amide bonds. The van der Waals surface area contributed by atoms with Gasteiger partial charge >= 0.3 is 0 Å². The lowest BCUT2D eigenvalue weighted by molar-refractivity contribution is 0.259. The maximum Gasteiger partial charge on any atom is 0.243 e. The van der Waals surface area contributed by atoms with E-state index in [0.29, 0.717) is 35.2 Å². The molecule has 1 atom stereocenters. The number of sulfonamides is 1. The number of benzene rings is 1. The molecule has 1 aliphatic rings. The molecule has 1 saturated heterocycles. The van der Waals surface area contributed by atoms with Gasteiger partial charge in [-0.3, -0.25) is 0 Å². The fourth-order valence-electron chi connectivity index (χ4n) is 2.51. The molecule has 1 aliphatic heterocycles. The number of halogens is 1. The third kappa shape index (κ3) is 3.00. The van der Waals surface area contributed by atoms with E-state index in [2.05, 4.69) is 15.9 Å². The average molecular weight is 363 g/mol. The Labute approximate surface area is 128 Å². The van der Waals surface area contributed by atoms with Crippen molar-refractivity contribution in [3.05, 3.63) is 22.2 Å². The highest BCUT2D eigenvalue weighted by Crippen LogP contribution is 2.31. The van der Waals surface area contributed by atoms with E-state index >= 15 is 0 Å². The third-order valence-corrected chi connectivity index (χ3v) is 6.22. The second-order valence-corrected chi connectivity index (χ2v) is 7.97. The number of anilines is 1. The highest BCUT2D eigenvalue weighted by Gasteiger charge is 2.33. The SMILES string of the molecule is Cc1c(N)cc(Br)cc1S(=O)(=O)N1CCC(CCO)C1. The van der Waals surface area contributed by atoms with Crippen LogP contribution in [0, 0.1) is 12.8 Å². The lowest BCUT2D eigenvalue weighted by Gasteiger charge is -2.19.